The van der Waals surface area contributed by atoms with Crippen LogP contribution < -0.4 is 0 Å². The molecule has 0 atom stereocenters. The molecule has 0 fully saturated rings. The molecule has 1 aromatic carbocycles. The van der Waals surface area contributed by atoms with Crippen LogP contribution in [0.4, 0.5) is 0 Å². The van der Waals surface area contributed by atoms with Gasteiger partial charge in [-0.05, 0) is 24.1 Å². The summed E-state index contributed by atoms with van der Waals surface area (Å²) < 4.78 is 5.37. The molecule has 0 bridgehead atoms. The molecule has 0 N–H and O–H groups in total. The molecule has 1 heterocycles. The fourth-order valence-corrected chi connectivity index (χ4v) is 1.37. The van der Waals surface area contributed by atoms with Crippen LogP contribution in [0.2, 0.25) is 0 Å². The lowest BCUT2D eigenvalue weighted by Gasteiger charge is -1.98. The van der Waals surface area contributed by atoms with Gasteiger partial charge < -0.3 is 4.42 Å². The molecule has 0 saturated heterocycles. The van der Waals surface area contributed by atoms with Gasteiger partial charge in [-0.1, -0.05) is 30.3 Å². The fourth-order valence-electron chi connectivity index (χ4n) is 1.37. The second-order valence-corrected chi connectivity index (χ2v) is 3.19. The summed E-state index contributed by atoms with van der Waals surface area (Å²) in [5, 5.41) is 0. The molecule has 0 saturated carbocycles. The van der Waals surface area contributed by atoms with E-state index in [0.717, 1.165) is 12.2 Å². The van der Waals surface area contributed by atoms with E-state index >= 15 is 0 Å². The minimum Gasteiger partial charge on any atom is -0.469 e. The molecular weight excluding hydrogens is 160 g/mol. The Morgan fingerprint density at radius 2 is 1.85 bits per heavy atom. The molecule has 0 unspecified atom stereocenters. The zero-order valence-corrected chi connectivity index (χ0v) is 7.66. The van der Waals surface area contributed by atoms with Gasteiger partial charge in [-0.25, -0.2) is 0 Å². The first-order valence-corrected chi connectivity index (χ1v) is 4.43. The smallest absolute Gasteiger partial charge is 0.111 e. The average Bonchev–Trinajstić information content (AvgIpc) is 2.54. The predicted molar refractivity (Wildman–Crippen MR) is 52.7 cm³/mol. The monoisotopic (exact) mass is 172 g/mol. The van der Waals surface area contributed by atoms with Crippen molar-refractivity contribution >= 4 is 0 Å². The summed E-state index contributed by atoms with van der Waals surface area (Å²) in [5.74, 6) is 1.06. The van der Waals surface area contributed by atoms with Crippen LogP contribution in [0.3, 0.4) is 0 Å². The fraction of sp³-hybridized carbons (Fsp3) is 0.167. The third-order valence-corrected chi connectivity index (χ3v) is 2.18. The molecule has 2 aromatic rings. The van der Waals surface area contributed by atoms with Crippen LogP contribution >= 0.6 is 0 Å². The highest BCUT2D eigenvalue weighted by Crippen LogP contribution is 2.13. The third-order valence-electron chi connectivity index (χ3n) is 2.18. The molecule has 0 aliphatic heterocycles. The lowest BCUT2D eigenvalue weighted by molar-refractivity contribution is 0.518. The van der Waals surface area contributed by atoms with E-state index in [0.29, 0.717) is 0 Å². The van der Waals surface area contributed by atoms with Gasteiger partial charge in [0.1, 0.15) is 5.76 Å². The quantitative estimate of drug-likeness (QED) is 0.678. The lowest BCUT2D eigenvalue weighted by Crippen LogP contribution is -1.86. The topological polar surface area (TPSA) is 13.1 Å². The zero-order chi connectivity index (χ0) is 9.10. The molecule has 1 heteroatoms. The maximum Gasteiger partial charge on any atom is 0.111 e. The molecule has 0 amide bonds. The molecule has 66 valence electrons. The number of benzene rings is 1. The van der Waals surface area contributed by atoms with Crippen LogP contribution in [-0.2, 0) is 6.42 Å². The molecule has 1 nitrogen and oxygen atoms in total. The zero-order valence-electron chi connectivity index (χ0n) is 7.66. The van der Waals surface area contributed by atoms with Crippen molar-refractivity contribution < 1.29 is 4.42 Å². The number of furan rings is 1. The van der Waals surface area contributed by atoms with Crippen molar-refractivity contribution in [1.82, 2.24) is 0 Å². The Morgan fingerprint density at radius 1 is 1.08 bits per heavy atom. The van der Waals surface area contributed by atoms with Crippen LogP contribution in [-0.4, -0.2) is 0 Å². The number of hydrogen-bond acceptors (Lipinski definition) is 1. The van der Waals surface area contributed by atoms with Gasteiger partial charge >= 0.3 is 0 Å². The van der Waals surface area contributed by atoms with Gasteiger partial charge in [-0.2, -0.15) is 0 Å². The van der Waals surface area contributed by atoms with Crippen molar-refractivity contribution in [3.8, 4) is 0 Å². The van der Waals surface area contributed by atoms with Gasteiger partial charge in [-0.3, -0.25) is 0 Å². The first-order chi connectivity index (χ1) is 6.36. The minimum absolute atomic E-state index is 0.889. The van der Waals surface area contributed by atoms with E-state index < -0.39 is 0 Å². The molecule has 0 aliphatic carbocycles. The van der Waals surface area contributed by atoms with Crippen molar-refractivity contribution in [3.63, 3.8) is 0 Å². The summed E-state index contributed by atoms with van der Waals surface area (Å²) in [6, 6.07) is 12.3. The predicted octanol–water partition coefficient (Wildman–Crippen LogP) is 3.18. The van der Waals surface area contributed by atoms with Crippen molar-refractivity contribution in [1.29, 1.82) is 0 Å². The summed E-state index contributed by atoms with van der Waals surface area (Å²) >= 11 is 0. The summed E-state index contributed by atoms with van der Waals surface area (Å²) in [6.07, 6.45) is 2.63. The largest absolute Gasteiger partial charge is 0.469 e. The minimum atomic E-state index is 0.889. The van der Waals surface area contributed by atoms with Crippen LogP contribution in [0.15, 0.2) is 47.1 Å². The summed E-state index contributed by atoms with van der Waals surface area (Å²) in [7, 11) is 0. The normalized spacial score (nSPS) is 10.2. The maximum atomic E-state index is 5.37. The second-order valence-electron chi connectivity index (χ2n) is 3.19. The summed E-state index contributed by atoms with van der Waals surface area (Å²) in [6.45, 7) is 2.07. The Bertz CT molecular complexity index is 373. The number of hydrogen-bond donors (Lipinski definition) is 0. The first kappa shape index (κ1) is 8.11. The van der Waals surface area contributed by atoms with Gasteiger partial charge in [-0.15, -0.1) is 0 Å². The Morgan fingerprint density at radius 3 is 2.46 bits per heavy atom. The van der Waals surface area contributed by atoms with Crippen LogP contribution in [0, 0.1) is 6.92 Å². The summed E-state index contributed by atoms with van der Waals surface area (Å²) in [5.41, 5.74) is 2.52. The van der Waals surface area contributed by atoms with Gasteiger partial charge in [0.15, 0.2) is 0 Å². The Labute approximate surface area is 78.0 Å². The molecule has 1 aromatic heterocycles. The van der Waals surface area contributed by atoms with E-state index in [9.17, 15) is 0 Å². The van der Waals surface area contributed by atoms with E-state index in [4.69, 9.17) is 4.42 Å². The van der Waals surface area contributed by atoms with Crippen molar-refractivity contribution in [2.24, 2.45) is 0 Å². The molecule has 0 spiro atoms. The Kier molecular flexibility index (Phi) is 2.17. The highest BCUT2D eigenvalue weighted by Gasteiger charge is 2.01. The van der Waals surface area contributed by atoms with Crippen molar-refractivity contribution in [3.05, 3.63) is 59.5 Å². The lowest BCUT2D eigenvalue weighted by atomic mass is 10.1. The third kappa shape index (κ3) is 1.81. The number of rotatable bonds is 2. The van der Waals surface area contributed by atoms with Crippen LogP contribution in [0.1, 0.15) is 16.9 Å². The highest BCUT2D eigenvalue weighted by molar-refractivity contribution is 5.24. The molecule has 2 rings (SSSR count). The van der Waals surface area contributed by atoms with Gasteiger partial charge in [0, 0.05) is 6.42 Å². The average molecular weight is 172 g/mol. The first-order valence-electron chi connectivity index (χ1n) is 4.43. The highest BCUT2D eigenvalue weighted by atomic mass is 16.3. The van der Waals surface area contributed by atoms with E-state index in [1.807, 2.05) is 24.3 Å². The van der Waals surface area contributed by atoms with E-state index in [1.165, 1.54) is 11.1 Å². The summed E-state index contributed by atoms with van der Waals surface area (Å²) in [4.78, 5) is 0. The van der Waals surface area contributed by atoms with Gasteiger partial charge in [0.05, 0.1) is 6.26 Å². The molecular formula is C12H12O. The second kappa shape index (κ2) is 3.48. The Balaban J connectivity index is 2.20. The number of aryl methyl sites for hydroxylation is 1. The Hall–Kier alpha value is -1.50. The van der Waals surface area contributed by atoms with E-state index in [-0.39, 0.29) is 0 Å². The van der Waals surface area contributed by atoms with Crippen molar-refractivity contribution in [2.75, 3.05) is 0 Å². The van der Waals surface area contributed by atoms with Crippen LogP contribution in [0.25, 0.3) is 0 Å². The SMILES string of the molecule is Cc1ccoc1Cc1ccccc1. The van der Waals surface area contributed by atoms with Crippen LogP contribution in [0.5, 0.6) is 0 Å². The molecule has 13 heavy (non-hydrogen) atoms. The maximum absolute atomic E-state index is 5.37. The van der Waals surface area contributed by atoms with E-state index in [2.05, 4.69) is 19.1 Å². The van der Waals surface area contributed by atoms with Crippen molar-refractivity contribution in [2.45, 2.75) is 13.3 Å². The van der Waals surface area contributed by atoms with Gasteiger partial charge in [0.2, 0.25) is 0 Å². The molecule has 0 radical (unpaired) electrons. The molecule has 0 aliphatic rings. The van der Waals surface area contributed by atoms with Gasteiger partial charge in [0.25, 0.3) is 0 Å². The standard InChI is InChI=1S/C12H12O/c1-10-7-8-13-12(10)9-11-5-3-2-4-6-11/h2-8H,9H2,1H3. The van der Waals surface area contributed by atoms with E-state index in [1.54, 1.807) is 6.26 Å².